The number of nitrogens with zero attached hydrogens (tertiary/aromatic N) is 2. The molecule has 0 atom stereocenters. The predicted molar refractivity (Wildman–Crippen MR) is 112 cm³/mol. The number of aromatic hydroxyl groups is 1. The van der Waals surface area contributed by atoms with Crippen molar-refractivity contribution < 1.29 is 19.7 Å². The molecule has 0 aliphatic heterocycles. The lowest BCUT2D eigenvalue weighted by atomic mass is 9.48. The third-order valence-corrected chi connectivity index (χ3v) is 7.26. The van der Waals surface area contributed by atoms with Gasteiger partial charge in [0.2, 0.25) is 0 Å². The summed E-state index contributed by atoms with van der Waals surface area (Å²) in [4.78, 5) is 19.4. The molecule has 1 heterocycles. The minimum atomic E-state index is -1.02. The van der Waals surface area contributed by atoms with E-state index in [1.807, 2.05) is 6.07 Å². The number of carboxylic acids is 1. The summed E-state index contributed by atoms with van der Waals surface area (Å²) in [6.07, 6.45) is 13.0. The van der Waals surface area contributed by atoms with E-state index < -0.39 is 5.97 Å². The maximum absolute atomic E-state index is 11.4. The first-order chi connectivity index (χ1) is 14.5. The van der Waals surface area contributed by atoms with E-state index in [1.54, 1.807) is 25.6 Å². The zero-order valence-electron chi connectivity index (χ0n) is 17.0. The molecule has 1 aromatic heterocycles. The van der Waals surface area contributed by atoms with Crippen molar-refractivity contribution in [2.75, 3.05) is 7.11 Å². The van der Waals surface area contributed by atoms with Gasteiger partial charge >= 0.3 is 5.97 Å². The van der Waals surface area contributed by atoms with Crippen LogP contribution >= 0.6 is 0 Å². The van der Waals surface area contributed by atoms with Crippen LogP contribution in [0, 0.1) is 17.8 Å². The molecule has 0 radical (unpaired) electrons. The van der Waals surface area contributed by atoms with Crippen molar-refractivity contribution in [1.29, 1.82) is 0 Å². The summed E-state index contributed by atoms with van der Waals surface area (Å²) in [5.41, 5.74) is 2.09. The highest BCUT2D eigenvalue weighted by molar-refractivity contribution is 5.85. The molecule has 6 heteroatoms. The summed E-state index contributed by atoms with van der Waals surface area (Å²) in [6, 6.07) is 3.73. The molecule has 4 fully saturated rings. The molecule has 0 amide bonds. The van der Waals surface area contributed by atoms with Crippen LogP contribution in [-0.2, 0) is 10.2 Å². The highest BCUT2D eigenvalue weighted by Gasteiger charge is 2.53. The van der Waals surface area contributed by atoms with Gasteiger partial charge in [0.05, 0.1) is 12.7 Å². The minimum absolute atomic E-state index is 0.0235. The van der Waals surface area contributed by atoms with E-state index in [9.17, 15) is 9.90 Å². The molecular formula is C24H26N2O4. The van der Waals surface area contributed by atoms with Gasteiger partial charge in [0.25, 0.3) is 0 Å². The average molecular weight is 406 g/mol. The van der Waals surface area contributed by atoms with Crippen molar-refractivity contribution in [1.82, 2.24) is 9.97 Å². The number of phenolic OH excluding ortho intramolecular Hbond substituents is 1. The van der Waals surface area contributed by atoms with Gasteiger partial charge in [-0.1, -0.05) is 0 Å². The van der Waals surface area contributed by atoms with Crippen LogP contribution in [0.4, 0.5) is 0 Å². The van der Waals surface area contributed by atoms with Crippen molar-refractivity contribution in [3.05, 3.63) is 41.7 Å². The Morgan fingerprint density at radius 2 is 1.70 bits per heavy atom. The van der Waals surface area contributed by atoms with Gasteiger partial charge in [-0.05, 0) is 74.5 Å². The zero-order chi connectivity index (χ0) is 20.9. The summed E-state index contributed by atoms with van der Waals surface area (Å²) in [7, 11) is 1.67. The second-order valence-electron chi connectivity index (χ2n) is 9.25. The van der Waals surface area contributed by atoms with Crippen LogP contribution in [0.5, 0.6) is 11.5 Å². The fourth-order valence-electron chi connectivity index (χ4n) is 6.58. The highest BCUT2D eigenvalue weighted by atomic mass is 16.5. The topological polar surface area (TPSA) is 92.5 Å². The molecule has 0 spiro atoms. The number of aromatic nitrogens is 2. The maximum Gasteiger partial charge on any atom is 0.328 e. The van der Waals surface area contributed by atoms with Crippen LogP contribution in [0.1, 0.15) is 49.7 Å². The highest BCUT2D eigenvalue weighted by Crippen LogP contribution is 2.63. The van der Waals surface area contributed by atoms with Crippen molar-refractivity contribution in [3.8, 4) is 22.9 Å². The first-order valence-electron chi connectivity index (χ1n) is 10.6. The fraction of sp³-hybridized carbons (Fsp3) is 0.458. The zero-order valence-corrected chi connectivity index (χ0v) is 17.0. The smallest absolute Gasteiger partial charge is 0.328 e. The largest absolute Gasteiger partial charge is 0.507 e. The van der Waals surface area contributed by atoms with Gasteiger partial charge in [-0.15, -0.1) is 0 Å². The third-order valence-electron chi connectivity index (χ3n) is 7.26. The molecule has 4 saturated carbocycles. The fourth-order valence-corrected chi connectivity index (χ4v) is 6.58. The van der Waals surface area contributed by atoms with Crippen molar-refractivity contribution >= 4 is 12.0 Å². The van der Waals surface area contributed by atoms with Crippen LogP contribution in [-0.4, -0.2) is 33.3 Å². The number of rotatable bonds is 5. The predicted octanol–water partition coefficient (Wildman–Crippen LogP) is 4.42. The molecule has 0 saturated heterocycles. The molecule has 4 aliphatic carbocycles. The van der Waals surface area contributed by atoms with Gasteiger partial charge in [0.1, 0.15) is 11.5 Å². The Morgan fingerprint density at radius 1 is 1.10 bits per heavy atom. The number of methoxy groups -OCH3 is 1. The lowest BCUT2D eigenvalue weighted by molar-refractivity contribution is -0.131. The van der Waals surface area contributed by atoms with Gasteiger partial charge in [0, 0.05) is 35.0 Å². The molecule has 2 aromatic rings. The molecule has 156 valence electrons. The Labute approximate surface area is 175 Å². The van der Waals surface area contributed by atoms with Crippen LogP contribution in [0.15, 0.2) is 30.6 Å². The molecule has 6 rings (SSSR count). The molecule has 6 nitrogen and oxygen atoms in total. The lowest BCUT2D eigenvalue weighted by Gasteiger charge is -2.57. The maximum atomic E-state index is 11.4. The molecular weight excluding hydrogens is 380 g/mol. The normalized spacial score (nSPS) is 29.4. The Kier molecular flexibility index (Phi) is 4.53. The van der Waals surface area contributed by atoms with Crippen LogP contribution in [0.2, 0.25) is 0 Å². The average Bonchev–Trinajstić information content (AvgIpc) is 2.71. The summed E-state index contributed by atoms with van der Waals surface area (Å²) in [5, 5.41) is 20.2. The van der Waals surface area contributed by atoms with Crippen molar-refractivity contribution in [2.45, 2.75) is 43.9 Å². The molecule has 1 aromatic carbocycles. The van der Waals surface area contributed by atoms with E-state index in [0.29, 0.717) is 17.0 Å². The third kappa shape index (κ3) is 3.15. The van der Waals surface area contributed by atoms with Crippen molar-refractivity contribution in [3.63, 3.8) is 0 Å². The summed E-state index contributed by atoms with van der Waals surface area (Å²) in [5.74, 6) is 2.63. The SMILES string of the molecule is COc1ccc(-c2ncc(/C=C/C(=O)O)cn2)c(O)c1C12CC3CC(CC(C3)C1)C2. The quantitative estimate of drug-likeness (QED) is 0.714. The molecule has 0 unspecified atom stereocenters. The number of phenols is 1. The van der Waals surface area contributed by atoms with Gasteiger partial charge in [-0.2, -0.15) is 0 Å². The van der Waals surface area contributed by atoms with E-state index in [0.717, 1.165) is 54.4 Å². The van der Waals surface area contributed by atoms with Crippen molar-refractivity contribution in [2.24, 2.45) is 17.8 Å². The number of carboxylic acid groups (broad SMARTS) is 1. The lowest BCUT2D eigenvalue weighted by Crippen LogP contribution is -2.48. The Bertz CT molecular complexity index is 977. The second-order valence-corrected chi connectivity index (χ2v) is 9.25. The number of benzene rings is 1. The number of aliphatic carboxylic acids is 1. The Balaban J connectivity index is 1.55. The number of carbonyl (C=O) groups is 1. The summed E-state index contributed by atoms with van der Waals surface area (Å²) in [6.45, 7) is 0. The van der Waals surface area contributed by atoms with Gasteiger partial charge < -0.3 is 14.9 Å². The van der Waals surface area contributed by atoms with Gasteiger partial charge in [-0.25, -0.2) is 14.8 Å². The number of hydrogen-bond donors (Lipinski definition) is 2. The second kappa shape index (κ2) is 7.11. The summed E-state index contributed by atoms with van der Waals surface area (Å²) < 4.78 is 5.71. The van der Waals surface area contributed by atoms with Crippen LogP contribution in [0.25, 0.3) is 17.5 Å². The minimum Gasteiger partial charge on any atom is -0.507 e. The standard InChI is InChI=1S/C24H26N2O4/c1-30-19-4-3-18(23-25-12-14(13-26-23)2-5-20(27)28)22(29)21(19)24-9-15-6-16(10-24)8-17(7-15)11-24/h2-5,12-13,15-17,29H,6-11H2,1H3,(H,27,28)/b5-2+. The van der Waals surface area contributed by atoms with E-state index >= 15 is 0 Å². The molecule has 2 N–H and O–H groups in total. The summed E-state index contributed by atoms with van der Waals surface area (Å²) >= 11 is 0. The Hall–Kier alpha value is -2.89. The molecule has 4 aliphatic rings. The first kappa shape index (κ1) is 19.1. The van der Waals surface area contributed by atoms with Gasteiger partial charge in [-0.3, -0.25) is 0 Å². The molecule has 30 heavy (non-hydrogen) atoms. The van der Waals surface area contributed by atoms with Crippen LogP contribution < -0.4 is 4.74 Å². The number of hydrogen-bond acceptors (Lipinski definition) is 5. The monoisotopic (exact) mass is 406 g/mol. The Morgan fingerprint density at radius 3 is 2.23 bits per heavy atom. The molecule has 4 bridgehead atoms. The first-order valence-corrected chi connectivity index (χ1v) is 10.6. The van der Waals surface area contributed by atoms with E-state index in [1.165, 1.54) is 25.3 Å². The van der Waals surface area contributed by atoms with E-state index in [2.05, 4.69) is 9.97 Å². The number of ether oxygens (including phenoxy) is 1. The van der Waals surface area contributed by atoms with Crippen LogP contribution in [0.3, 0.4) is 0 Å². The van der Waals surface area contributed by atoms with Gasteiger partial charge in [0.15, 0.2) is 5.82 Å². The van der Waals surface area contributed by atoms with E-state index in [4.69, 9.17) is 9.84 Å². The van der Waals surface area contributed by atoms with E-state index in [-0.39, 0.29) is 11.2 Å².